The van der Waals surface area contributed by atoms with Gasteiger partial charge in [-0.05, 0) is 30.7 Å². The van der Waals surface area contributed by atoms with E-state index in [-0.39, 0.29) is 12.5 Å². The summed E-state index contributed by atoms with van der Waals surface area (Å²) in [6, 6.07) is 9.29. The number of hydrogen-bond donors (Lipinski definition) is 1. The standard InChI is InChI=1S/C16H15Cl2N5O/c1-11-6-7-22(20-11)10-15(24)19-16-14(18)9-23(21-16)8-12-2-4-13(17)5-3-12/h2-7,9H,8,10H2,1H3,(H,19,21,24). The van der Waals surface area contributed by atoms with Crippen molar-refractivity contribution in [2.45, 2.75) is 20.0 Å². The molecule has 6 nitrogen and oxygen atoms in total. The number of hydrogen-bond acceptors (Lipinski definition) is 3. The third-order valence-electron chi connectivity index (χ3n) is 3.31. The lowest BCUT2D eigenvalue weighted by molar-refractivity contribution is -0.116. The molecule has 1 N–H and O–H groups in total. The molecule has 0 saturated heterocycles. The van der Waals surface area contributed by atoms with Crippen LogP contribution in [0.3, 0.4) is 0 Å². The second-order valence-corrected chi connectivity index (χ2v) is 6.20. The van der Waals surface area contributed by atoms with Crippen LogP contribution in [-0.4, -0.2) is 25.5 Å². The second-order valence-electron chi connectivity index (χ2n) is 5.35. The summed E-state index contributed by atoms with van der Waals surface area (Å²) in [4.78, 5) is 12.1. The smallest absolute Gasteiger partial charge is 0.247 e. The van der Waals surface area contributed by atoms with Crippen LogP contribution in [-0.2, 0) is 17.9 Å². The molecule has 124 valence electrons. The van der Waals surface area contributed by atoms with Crippen molar-refractivity contribution in [3.05, 3.63) is 64.0 Å². The maximum absolute atomic E-state index is 12.1. The maximum atomic E-state index is 12.1. The van der Waals surface area contributed by atoms with Crippen molar-refractivity contribution >= 4 is 34.9 Å². The number of amides is 1. The average molecular weight is 364 g/mol. The van der Waals surface area contributed by atoms with Gasteiger partial charge in [-0.15, -0.1) is 0 Å². The molecule has 0 atom stereocenters. The van der Waals surface area contributed by atoms with Gasteiger partial charge in [0.1, 0.15) is 11.6 Å². The summed E-state index contributed by atoms with van der Waals surface area (Å²) >= 11 is 12.0. The predicted octanol–water partition coefficient (Wildman–Crippen LogP) is 3.38. The Balaban J connectivity index is 1.65. The molecule has 0 aliphatic rings. The van der Waals surface area contributed by atoms with Gasteiger partial charge in [0.15, 0.2) is 5.82 Å². The van der Waals surface area contributed by atoms with Gasteiger partial charge in [-0.3, -0.25) is 14.2 Å². The highest BCUT2D eigenvalue weighted by Crippen LogP contribution is 2.20. The van der Waals surface area contributed by atoms with E-state index in [2.05, 4.69) is 15.5 Å². The van der Waals surface area contributed by atoms with Crippen molar-refractivity contribution < 1.29 is 4.79 Å². The van der Waals surface area contributed by atoms with E-state index in [9.17, 15) is 4.79 Å². The fourth-order valence-corrected chi connectivity index (χ4v) is 2.53. The fraction of sp³-hybridized carbons (Fsp3) is 0.188. The zero-order chi connectivity index (χ0) is 17.1. The number of anilines is 1. The lowest BCUT2D eigenvalue weighted by atomic mass is 10.2. The fourth-order valence-electron chi connectivity index (χ4n) is 2.21. The monoisotopic (exact) mass is 363 g/mol. The van der Waals surface area contributed by atoms with E-state index in [1.54, 1.807) is 21.8 Å². The molecule has 0 aliphatic heterocycles. The Morgan fingerprint density at radius 1 is 1.12 bits per heavy atom. The van der Waals surface area contributed by atoms with E-state index in [0.717, 1.165) is 11.3 Å². The highest BCUT2D eigenvalue weighted by atomic mass is 35.5. The minimum atomic E-state index is -0.239. The first-order valence-corrected chi connectivity index (χ1v) is 8.02. The maximum Gasteiger partial charge on any atom is 0.247 e. The molecule has 3 rings (SSSR count). The van der Waals surface area contributed by atoms with Gasteiger partial charge < -0.3 is 5.32 Å². The number of aromatic nitrogens is 4. The molecule has 0 radical (unpaired) electrons. The van der Waals surface area contributed by atoms with Crippen LogP contribution in [0.1, 0.15) is 11.3 Å². The van der Waals surface area contributed by atoms with Crippen LogP contribution >= 0.6 is 23.2 Å². The number of aryl methyl sites for hydroxylation is 1. The highest BCUT2D eigenvalue weighted by molar-refractivity contribution is 6.33. The Morgan fingerprint density at radius 2 is 1.88 bits per heavy atom. The van der Waals surface area contributed by atoms with E-state index in [0.29, 0.717) is 22.4 Å². The van der Waals surface area contributed by atoms with Gasteiger partial charge in [-0.1, -0.05) is 35.3 Å². The molecule has 0 saturated carbocycles. The number of halogens is 2. The molecule has 0 bridgehead atoms. The van der Waals surface area contributed by atoms with Crippen molar-refractivity contribution in [3.63, 3.8) is 0 Å². The van der Waals surface area contributed by atoms with Crippen LogP contribution in [0.4, 0.5) is 5.82 Å². The lowest BCUT2D eigenvalue weighted by Gasteiger charge is -2.04. The first kappa shape index (κ1) is 16.5. The Kier molecular flexibility index (Phi) is 4.87. The molecule has 0 unspecified atom stereocenters. The van der Waals surface area contributed by atoms with Crippen LogP contribution in [0.25, 0.3) is 0 Å². The summed E-state index contributed by atoms with van der Waals surface area (Å²) in [5.41, 5.74) is 1.89. The molecule has 2 aromatic heterocycles. The molecule has 2 heterocycles. The van der Waals surface area contributed by atoms with Crippen LogP contribution in [0.15, 0.2) is 42.7 Å². The summed E-state index contributed by atoms with van der Waals surface area (Å²) in [5.74, 6) is 0.0938. The van der Waals surface area contributed by atoms with Gasteiger partial charge >= 0.3 is 0 Å². The van der Waals surface area contributed by atoms with Crippen LogP contribution in [0.2, 0.25) is 10.0 Å². The zero-order valence-corrected chi connectivity index (χ0v) is 14.4. The number of nitrogens with one attached hydrogen (secondary N) is 1. The molecule has 24 heavy (non-hydrogen) atoms. The Labute approximate surface area is 149 Å². The van der Waals surface area contributed by atoms with Crippen molar-refractivity contribution in [1.82, 2.24) is 19.6 Å². The first-order chi connectivity index (χ1) is 11.5. The molecule has 0 aliphatic carbocycles. The van der Waals surface area contributed by atoms with E-state index >= 15 is 0 Å². The normalized spacial score (nSPS) is 10.8. The van der Waals surface area contributed by atoms with Crippen LogP contribution in [0.5, 0.6) is 0 Å². The highest BCUT2D eigenvalue weighted by Gasteiger charge is 2.12. The number of rotatable bonds is 5. The first-order valence-electron chi connectivity index (χ1n) is 7.27. The van der Waals surface area contributed by atoms with Gasteiger partial charge in [0.25, 0.3) is 0 Å². The van der Waals surface area contributed by atoms with Crippen LogP contribution in [0, 0.1) is 6.92 Å². The molecule has 1 aromatic carbocycles. The second kappa shape index (κ2) is 7.07. The Hall–Kier alpha value is -2.31. The summed E-state index contributed by atoms with van der Waals surface area (Å²) in [7, 11) is 0. The summed E-state index contributed by atoms with van der Waals surface area (Å²) in [5, 5.41) is 12.2. The SMILES string of the molecule is Cc1ccn(CC(=O)Nc2nn(Cc3ccc(Cl)cc3)cc2Cl)n1. The average Bonchev–Trinajstić information content (AvgIpc) is 3.08. The minimum Gasteiger partial charge on any atom is -0.306 e. The quantitative estimate of drug-likeness (QED) is 0.755. The summed E-state index contributed by atoms with van der Waals surface area (Å²) in [6.45, 7) is 2.50. The summed E-state index contributed by atoms with van der Waals surface area (Å²) < 4.78 is 3.22. The zero-order valence-electron chi connectivity index (χ0n) is 12.9. The van der Waals surface area contributed by atoms with Crippen LogP contribution < -0.4 is 5.32 Å². The van der Waals surface area contributed by atoms with E-state index in [1.165, 1.54) is 0 Å². The molecular weight excluding hydrogens is 349 g/mol. The lowest BCUT2D eigenvalue weighted by Crippen LogP contribution is -2.19. The van der Waals surface area contributed by atoms with Crippen molar-refractivity contribution in [3.8, 4) is 0 Å². The Morgan fingerprint density at radius 3 is 2.54 bits per heavy atom. The topological polar surface area (TPSA) is 64.7 Å². The molecule has 0 fully saturated rings. The Bertz CT molecular complexity index is 854. The largest absolute Gasteiger partial charge is 0.306 e. The predicted molar refractivity (Wildman–Crippen MR) is 93.4 cm³/mol. The van der Waals surface area contributed by atoms with E-state index in [1.807, 2.05) is 37.3 Å². The number of nitrogens with zero attached hydrogens (tertiary/aromatic N) is 4. The van der Waals surface area contributed by atoms with Gasteiger partial charge in [0.2, 0.25) is 5.91 Å². The van der Waals surface area contributed by atoms with Gasteiger partial charge in [-0.2, -0.15) is 10.2 Å². The van der Waals surface area contributed by atoms with Crippen molar-refractivity contribution in [2.24, 2.45) is 0 Å². The van der Waals surface area contributed by atoms with Gasteiger partial charge in [0.05, 0.1) is 12.2 Å². The molecule has 3 aromatic rings. The third kappa shape index (κ3) is 4.15. The summed E-state index contributed by atoms with van der Waals surface area (Å²) in [6.07, 6.45) is 3.42. The van der Waals surface area contributed by atoms with Crippen molar-refractivity contribution in [1.29, 1.82) is 0 Å². The molecule has 0 spiro atoms. The number of carbonyl (C=O) groups is 1. The van der Waals surface area contributed by atoms with Gasteiger partial charge in [0, 0.05) is 17.4 Å². The number of benzene rings is 1. The number of carbonyl (C=O) groups excluding carboxylic acids is 1. The molecular formula is C16H15Cl2N5O. The van der Waals surface area contributed by atoms with E-state index < -0.39 is 0 Å². The third-order valence-corrected chi connectivity index (χ3v) is 3.84. The minimum absolute atomic E-state index is 0.105. The van der Waals surface area contributed by atoms with E-state index in [4.69, 9.17) is 23.2 Å². The molecule has 8 heteroatoms. The molecule has 1 amide bonds. The van der Waals surface area contributed by atoms with Gasteiger partial charge in [-0.25, -0.2) is 0 Å². The van der Waals surface area contributed by atoms with Crippen molar-refractivity contribution in [2.75, 3.05) is 5.32 Å².